The predicted molar refractivity (Wildman–Crippen MR) is 71.4 cm³/mol. The summed E-state index contributed by atoms with van der Waals surface area (Å²) < 4.78 is 14.0. The van der Waals surface area contributed by atoms with E-state index in [0.29, 0.717) is 24.1 Å². The molecule has 1 aromatic carbocycles. The Balaban J connectivity index is 2.36. The molecule has 4 heteroatoms. The highest BCUT2D eigenvalue weighted by Gasteiger charge is 2.23. The van der Waals surface area contributed by atoms with Crippen molar-refractivity contribution >= 4 is 23.2 Å². The second kappa shape index (κ2) is 5.27. The van der Waals surface area contributed by atoms with Crippen molar-refractivity contribution in [1.82, 2.24) is 0 Å². The summed E-state index contributed by atoms with van der Waals surface area (Å²) >= 11 is 6.31. The van der Waals surface area contributed by atoms with Gasteiger partial charge in [0, 0.05) is 17.7 Å². The molecule has 1 amide bonds. The van der Waals surface area contributed by atoms with Gasteiger partial charge in [0.2, 0.25) is 5.91 Å². The van der Waals surface area contributed by atoms with Crippen molar-refractivity contribution in [2.45, 2.75) is 38.5 Å². The van der Waals surface area contributed by atoms with Gasteiger partial charge in [-0.2, -0.15) is 0 Å². The Morgan fingerprint density at radius 2 is 2.17 bits per heavy atom. The van der Waals surface area contributed by atoms with Crippen LogP contribution >= 0.6 is 11.6 Å². The van der Waals surface area contributed by atoms with E-state index >= 15 is 0 Å². The first kappa shape index (κ1) is 13.3. The quantitative estimate of drug-likeness (QED) is 0.825. The summed E-state index contributed by atoms with van der Waals surface area (Å²) in [7, 11) is 0. The van der Waals surface area contributed by atoms with Gasteiger partial charge < -0.3 is 5.32 Å². The van der Waals surface area contributed by atoms with Crippen LogP contribution in [0.1, 0.15) is 43.2 Å². The van der Waals surface area contributed by atoms with Crippen LogP contribution in [0.2, 0.25) is 0 Å². The zero-order valence-electron chi connectivity index (χ0n) is 10.6. The molecular weight excluding hydrogens is 253 g/mol. The number of fused-ring (bicyclic) bond motifs is 1. The monoisotopic (exact) mass is 269 g/mol. The molecule has 98 valence electrons. The summed E-state index contributed by atoms with van der Waals surface area (Å²) in [5.41, 5.74) is 2.10. The third-order valence-corrected chi connectivity index (χ3v) is 4.22. The molecule has 1 aromatic rings. The van der Waals surface area contributed by atoms with Crippen molar-refractivity contribution in [3.63, 3.8) is 0 Å². The van der Waals surface area contributed by atoms with Gasteiger partial charge in [0.05, 0.1) is 5.38 Å². The molecule has 1 aliphatic rings. The number of nitrogens with one attached hydrogen (secondary N) is 1. The molecule has 0 aliphatic carbocycles. The molecule has 1 heterocycles. The van der Waals surface area contributed by atoms with Gasteiger partial charge in [-0.1, -0.05) is 20.3 Å². The molecule has 0 aromatic heterocycles. The third-order valence-electron chi connectivity index (χ3n) is 3.56. The lowest BCUT2D eigenvalue weighted by Gasteiger charge is -2.22. The summed E-state index contributed by atoms with van der Waals surface area (Å²) in [6, 6.07) is 3.19. The Hall–Kier alpha value is -1.09. The summed E-state index contributed by atoms with van der Waals surface area (Å²) in [5.74, 6) is -0.173. The zero-order valence-corrected chi connectivity index (χ0v) is 11.4. The van der Waals surface area contributed by atoms with E-state index in [0.717, 1.165) is 12.0 Å². The van der Waals surface area contributed by atoms with E-state index in [1.807, 2.05) is 13.8 Å². The van der Waals surface area contributed by atoms with E-state index in [1.165, 1.54) is 6.07 Å². The molecule has 0 bridgehead atoms. The number of carbonyl (C=O) groups is 1. The SMILES string of the molecule is CCC(C)C(Cl)c1cc2c(cc1F)NC(=O)CC2. The highest BCUT2D eigenvalue weighted by atomic mass is 35.5. The maximum absolute atomic E-state index is 14.0. The number of amides is 1. The van der Waals surface area contributed by atoms with Crippen molar-refractivity contribution in [2.75, 3.05) is 5.32 Å². The molecule has 0 fully saturated rings. The highest BCUT2D eigenvalue weighted by molar-refractivity contribution is 6.21. The van der Waals surface area contributed by atoms with Crippen LogP contribution in [-0.2, 0) is 11.2 Å². The second-order valence-corrected chi connectivity index (χ2v) is 5.34. The fourth-order valence-electron chi connectivity index (χ4n) is 2.15. The number of benzene rings is 1. The minimum absolute atomic E-state index is 0.0565. The van der Waals surface area contributed by atoms with Gasteiger partial charge >= 0.3 is 0 Å². The number of carbonyl (C=O) groups excluding carboxylic acids is 1. The van der Waals surface area contributed by atoms with Crippen LogP contribution in [0.25, 0.3) is 0 Å². The molecular formula is C14H17ClFNO. The van der Waals surface area contributed by atoms with Crippen LogP contribution in [0.4, 0.5) is 10.1 Å². The van der Waals surface area contributed by atoms with Crippen molar-refractivity contribution < 1.29 is 9.18 Å². The number of anilines is 1. The van der Waals surface area contributed by atoms with Crippen molar-refractivity contribution in [1.29, 1.82) is 0 Å². The lowest BCUT2D eigenvalue weighted by atomic mass is 9.93. The minimum atomic E-state index is -0.337. The van der Waals surface area contributed by atoms with Crippen LogP contribution in [0.15, 0.2) is 12.1 Å². The van der Waals surface area contributed by atoms with Crippen LogP contribution in [-0.4, -0.2) is 5.91 Å². The smallest absolute Gasteiger partial charge is 0.224 e. The normalized spacial score (nSPS) is 17.9. The van der Waals surface area contributed by atoms with E-state index in [2.05, 4.69) is 5.32 Å². The molecule has 0 radical (unpaired) electrons. The number of hydrogen-bond donors (Lipinski definition) is 1. The van der Waals surface area contributed by atoms with E-state index in [-0.39, 0.29) is 23.0 Å². The van der Waals surface area contributed by atoms with Crippen LogP contribution < -0.4 is 5.32 Å². The topological polar surface area (TPSA) is 29.1 Å². The van der Waals surface area contributed by atoms with Crippen molar-refractivity contribution in [2.24, 2.45) is 5.92 Å². The highest BCUT2D eigenvalue weighted by Crippen LogP contribution is 2.36. The van der Waals surface area contributed by atoms with E-state index < -0.39 is 0 Å². The van der Waals surface area contributed by atoms with Gasteiger partial charge in [-0.05, 0) is 30.0 Å². The predicted octanol–water partition coefficient (Wildman–Crippen LogP) is 4.04. The van der Waals surface area contributed by atoms with Gasteiger partial charge in [-0.15, -0.1) is 11.6 Å². The van der Waals surface area contributed by atoms with Crippen LogP contribution in [0, 0.1) is 11.7 Å². The standard InChI is InChI=1S/C14H17ClFNO/c1-3-8(2)14(15)10-6-9-4-5-13(18)17-12(9)7-11(10)16/h6-8,14H,3-5H2,1-2H3,(H,17,18). The van der Waals surface area contributed by atoms with E-state index in [9.17, 15) is 9.18 Å². The Kier molecular flexibility index (Phi) is 3.91. The molecule has 0 spiro atoms. The molecule has 0 saturated carbocycles. The number of hydrogen-bond acceptors (Lipinski definition) is 1. The Bertz CT molecular complexity index is 475. The second-order valence-electron chi connectivity index (χ2n) is 4.87. The molecule has 18 heavy (non-hydrogen) atoms. The van der Waals surface area contributed by atoms with Gasteiger partial charge in [-0.3, -0.25) is 4.79 Å². The van der Waals surface area contributed by atoms with Gasteiger partial charge in [-0.25, -0.2) is 4.39 Å². The van der Waals surface area contributed by atoms with E-state index in [1.54, 1.807) is 6.07 Å². The summed E-state index contributed by atoms with van der Waals surface area (Å²) in [5, 5.41) is 2.37. The van der Waals surface area contributed by atoms with E-state index in [4.69, 9.17) is 11.6 Å². The first-order valence-electron chi connectivity index (χ1n) is 6.29. The zero-order chi connectivity index (χ0) is 13.3. The maximum Gasteiger partial charge on any atom is 0.224 e. The molecule has 0 saturated heterocycles. The van der Waals surface area contributed by atoms with Gasteiger partial charge in [0.15, 0.2) is 0 Å². The van der Waals surface area contributed by atoms with Gasteiger partial charge in [0.25, 0.3) is 0 Å². The molecule has 2 atom stereocenters. The number of rotatable bonds is 3. The summed E-state index contributed by atoms with van der Waals surface area (Å²) in [6.45, 7) is 4.05. The summed E-state index contributed by atoms with van der Waals surface area (Å²) in [4.78, 5) is 11.3. The van der Waals surface area contributed by atoms with Crippen molar-refractivity contribution in [3.05, 3.63) is 29.1 Å². The minimum Gasteiger partial charge on any atom is -0.326 e. The molecule has 2 rings (SSSR count). The fraction of sp³-hybridized carbons (Fsp3) is 0.500. The largest absolute Gasteiger partial charge is 0.326 e. The van der Waals surface area contributed by atoms with Crippen LogP contribution in [0.5, 0.6) is 0 Å². The number of aryl methyl sites for hydroxylation is 1. The van der Waals surface area contributed by atoms with Crippen molar-refractivity contribution in [3.8, 4) is 0 Å². The number of alkyl halides is 1. The lowest BCUT2D eigenvalue weighted by Crippen LogP contribution is -2.20. The molecule has 2 unspecified atom stereocenters. The Morgan fingerprint density at radius 1 is 1.44 bits per heavy atom. The molecule has 1 aliphatic heterocycles. The lowest BCUT2D eigenvalue weighted by molar-refractivity contribution is -0.116. The maximum atomic E-state index is 14.0. The molecule has 2 nitrogen and oxygen atoms in total. The van der Waals surface area contributed by atoms with Gasteiger partial charge in [0.1, 0.15) is 5.82 Å². The molecule has 1 N–H and O–H groups in total. The number of halogens is 2. The first-order valence-corrected chi connectivity index (χ1v) is 6.72. The Labute approximate surface area is 112 Å². The average Bonchev–Trinajstić information content (AvgIpc) is 2.36. The summed E-state index contributed by atoms with van der Waals surface area (Å²) in [6.07, 6.45) is 2.01. The average molecular weight is 270 g/mol. The van der Waals surface area contributed by atoms with Crippen LogP contribution in [0.3, 0.4) is 0 Å². The Morgan fingerprint density at radius 3 is 2.83 bits per heavy atom. The fourth-order valence-corrected chi connectivity index (χ4v) is 2.49. The first-order chi connectivity index (χ1) is 8.52. The third kappa shape index (κ3) is 2.51.